The molecule has 0 fully saturated rings. The van der Waals surface area contributed by atoms with E-state index in [1.54, 1.807) is 30.3 Å². The molecular weight excluding hydrogens is 447 g/mol. The van der Waals surface area contributed by atoms with Gasteiger partial charge < -0.3 is 9.84 Å². The van der Waals surface area contributed by atoms with Crippen LogP contribution in [0.3, 0.4) is 0 Å². The minimum Gasteiger partial charge on any atom is -0.871 e. The van der Waals surface area contributed by atoms with Gasteiger partial charge in [-0.05, 0) is 31.0 Å². The van der Waals surface area contributed by atoms with E-state index in [4.69, 9.17) is 4.74 Å². The molecule has 0 unspecified atom stereocenters. The molecular formula is C26H37NaO5S. The van der Waals surface area contributed by atoms with Gasteiger partial charge >= 0.3 is 29.6 Å². The van der Waals surface area contributed by atoms with E-state index in [1.807, 2.05) is 6.07 Å². The number of para-hydroxylation sites is 1. The summed E-state index contributed by atoms with van der Waals surface area (Å²) in [6.45, 7) is 2.24. The molecule has 0 amide bonds. The van der Waals surface area contributed by atoms with Crippen LogP contribution in [0.2, 0.25) is 0 Å². The Labute approximate surface area is 222 Å². The average Bonchev–Trinajstić information content (AvgIpc) is 2.76. The fraction of sp³-hybridized carbons (Fsp3) is 0.538. The summed E-state index contributed by atoms with van der Waals surface area (Å²) in [5.41, 5.74) is 0.359. The number of aryl methyl sites for hydroxylation is 1. The van der Waals surface area contributed by atoms with Crippen molar-refractivity contribution >= 4 is 10.1 Å². The standard InChI is InChI=1S/C26H38O5S.Na/c1-2-3-4-5-6-7-8-9-10-11-12-14-17-22-20-24(31-23-18-15-13-16-19-23)21-25(26(22)27)32(28,29)30;/h13,15-16,18-21,27H,2-12,14,17H2,1H3,(H,28,29,30);/q;+1/p-1. The minimum absolute atomic E-state index is 0. The Morgan fingerprint density at radius 3 is 1.82 bits per heavy atom. The van der Waals surface area contributed by atoms with Gasteiger partial charge in [-0.25, -0.2) is 0 Å². The van der Waals surface area contributed by atoms with Crippen LogP contribution >= 0.6 is 0 Å². The summed E-state index contributed by atoms with van der Waals surface area (Å²) in [6, 6.07) is 11.6. The molecule has 2 rings (SSSR count). The second kappa shape index (κ2) is 16.6. The maximum Gasteiger partial charge on any atom is 1.00 e. The van der Waals surface area contributed by atoms with E-state index in [0.29, 0.717) is 17.7 Å². The maximum absolute atomic E-state index is 12.6. The molecule has 1 N–H and O–H groups in total. The molecule has 0 saturated carbocycles. The largest absolute Gasteiger partial charge is 1.00 e. The second-order valence-electron chi connectivity index (χ2n) is 8.44. The van der Waals surface area contributed by atoms with Crippen molar-refractivity contribution in [2.45, 2.75) is 95.3 Å². The van der Waals surface area contributed by atoms with Crippen LogP contribution in [0.4, 0.5) is 0 Å². The molecule has 7 heteroatoms. The zero-order valence-electron chi connectivity index (χ0n) is 20.2. The van der Waals surface area contributed by atoms with Gasteiger partial charge in [0.15, 0.2) is 0 Å². The predicted octanol–water partition coefficient (Wildman–Crippen LogP) is 4.05. The Bertz CT molecular complexity index is 900. The molecule has 0 atom stereocenters. The van der Waals surface area contributed by atoms with Crippen molar-refractivity contribution in [2.75, 3.05) is 0 Å². The topological polar surface area (TPSA) is 86.7 Å². The third kappa shape index (κ3) is 11.8. The first-order valence-corrected chi connectivity index (χ1v) is 13.4. The zero-order chi connectivity index (χ0) is 23.2. The van der Waals surface area contributed by atoms with E-state index < -0.39 is 20.8 Å². The summed E-state index contributed by atoms with van der Waals surface area (Å²) in [7, 11) is -4.62. The Morgan fingerprint density at radius 1 is 0.788 bits per heavy atom. The molecule has 0 heterocycles. The van der Waals surface area contributed by atoms with Crippen LogP contribution in [-0.4, -0.2) is 13.0 Å². The van der Waals surface area contributed by atoms with Gasteiger partial charge in [-0.2, -0.15) is 8.42 Å². The molecule has 33 heavy (non-hydrogen) atoms. The number of benzene rings is 2. The number of hydrogen-bond donors (Lipinski definition) is 1. The van der Waals surface area contributed by atoms with Crippen LogP contribution in [0.5, 0.6) is 17.2 Å². The molecule has 0 saturated heterocycles. The molecule has 0 aromatic heterocycles. The van der Waals surface area contributed by atoms with E-state index in [0.717, 1.165) is 25.3 Å². The Kier molecular flexibility index (Phi) is 15.0. The van der Waals surface area contributed by atoms with Crippen LogP contribution in [0.15, 0.2) is 47.4 Å². The van der Waals surface area contributed by atoms with Crippen LogP contribution < -0.4 is 39.4 Å². The summed E-state index contributed by atoms with van der Waals surface area (Å²) in [5.74, 6) is 0.122. The van der Waals surface area contributed by atoms with E-state index in [2.05, 4.69) is 6.92 Å². The summed E-state index contributed by atoms with van der Waals surface area (Å²) >= 11 is 0. The zero-order valence-corrected chi connectivity index (χ0v) is 23.0. The van der Waals surface area contributed by atoms with Gasteiger partial charge in [-0.1, -0.05) is 107 Å². The minimum atomic E-state index is -4.62. The van der Waals surface area contributed by atoms with Gasteiger partial charge in [0.05, 0.1) is 4.90 Å². The third-order valence-corrected chi connectivity index (χ3v) is 6.52. The van der Waals surface area contributed by atoms with Gasteiger partial charge in [-0.3, -0.25) is 4.55 Å². The van der Waals surface area contributed by atoms with Crippen molar-refractivity contribution in [3.8, 4) is 17.2 Å². The van der Waals surface area contributed by atoms with Gasteiger partial charge in [0.1, 0.15) is 11.5 Å². The first kappa shape index (κ1) is 30.0. The van der Waals surface area contributed by atoms with Crippen molar-refractivity contribution in [1.82, 2.24) is 0 Å². The molecule has 0 aliphatic rings. The molecule has 2 aromatic carbocycles. The molecule has 0 radical (unpaired) electrons. The van der Waals surface area contributed by atoms with Crippen LogP contribution in [0, 0.1) is 0 Å². The molecule has 0 bridgehead atoms. The Balaban J connectivity index is 0.00000544. The van der Waals surface area contributed by atoms with Crippen LogP contribution in [0.1, 0.15) is 89.5 Å². The Morgan fingerprint density at radius 2 is 1.30 bits per heavy atom. The first-order valence-electron chi connectivity index (χ1n) is 12.0. The van der Waals surface area contributed by atoms with E-state index in [-0.39, 0.29) is 35.3 Å². The van der Waals surface area contributed by atoms with Crippen LogP contribution in [0.25, 0.3) is 0 Å². The third-order valence-electron chi connectivity index (χ3n) is 5.66. The molecule has 2 aromatic rings. The molecule has 0 spiro atoms. The quantitative estimate of drug-likeness (QED) is 0.221. The van der Waals surface area contributed by atoms with Gasteiger partial charge in [0, 0.05) is 6.07 Å². The molecule has 0 aliphatic heterocycles. The van der Waals surface area contributed by atoms with Crippen molar-refractivity contribution in [3.05, 3.63) is 48.0 Å². The van der Waals surface area contributed by atoms with Crippen molar-refractivity contribution in [2.24, 2.45) is 0 Å². The summed E-state index contributed by atoms with van der Waals surface area (Å²) in [5, 5.41) is 12.6. The number of unbranched alkanes of at least 4 members (excludes halogenated alkanes) is 11. The maximum atomic E-state index is 12.6. The smallest absolute Gasteiger partial charge is 0.871 e. The Hall–Kier alpha value is -1.05. The van der Waals surface area contributed by atoms with Gasteiger partial charge in [0.25, 0.3) is 10.1 Å². The van der Waals surface area contributed by atoms with E-state index in [9.17, 15) is 18.1 Å². The molecule has 0 aliphatic carbocycles. The molecule has 178 valence electrons. The summed E-state index contributed by atoms with van der Waals surface area (Å²) in [4.78, 5) is -0.625. The van der Waals surface area contributed by atoms with Crippen molar-refractivity contribution < 1.29 is 52.4 Å². The fourth-order valence-electron chi connectivity index (χ4n) is 3.85. The normalized spacial score (nSPS) is 11.2. The van der Waals surface area contributed by atoms with Crippen LogP contribution in [-0.2, 0) is 16.5 Å². The predicted molar refractivity (Wildman–Crippen MR) is 127 cm³/mol. The summed E-state index contributed by atoms with van der Waals surface area (Å²) < 4.78 is 38.6. The average molecular weight is 485 g/mol. The SMILES string of the molecule is CCCCCCCCCCCCCCc1cc(Oc2ccccc2)cc(S(=O)(=O)O)c1[O-].[Na+]. The van der Waals surface area contributed by atoms with E-state index in [1.165, 1.54) is 57.8 Å². The van der Waals surface area contributed by atoms with Gasteiger partial charge in [0.2, 0.25) is 0 Å². The van der Waals surface area contributed by atoms with Crippen molar-refractivity contribution in [3.63, 3.8) is 0 Å². The monoisotopic (exact) mass is 484 g/mol. The summed E-state index contributed by atoms with van der Waals surface area (Å²) in [6.07, 6.45) is 15.1. The number of rotatable bonds is 16. The second-order valence-corrected chi connectivity index (χ2v) is 9.83. The van der Waals surface area contributed by atoms with Crippen molar-refractivity contribution in [1.29, 1.82) is 0 Å². The number of ether oxygens (including phenoxy) is 1. The number of hydrogen-bond acceptors (Lipinski definition) is 4. The fourth-order valence-corrected chi connectivity index (χ4v) is 4.48. The van der Waals surface area contributed by atoms with E-state index >= 15 is 0 Å². The van der Waals surface area contributed by atoms with Gasteiger partial charge in [-0.15, -0.1) is 0 Å². The first-order chi connectivity index (χ1) is 15.4. The molecule has 5 nitrogen and oxygen atoms in total.